The van der Waals surface area contributed by atoms with E-state index in [4.69, 9.17) is 0 Å². The van der Waals surface area contributed by atoms with E-state index in [0.717, 1.165) is 31.0 Å². The number of hydrogen-bond donors (Lipinski definition) is 1. The monoisotopic (exact) mass is 240 g/mol. The van der Waals surface area contributed by atoms with Crippen molar-refractivity contribution in [2.75, 3.05) is 23.8 Å². The van der Waals surface area contributed by atoms with Crippen molar-refractivity contribution in [2.45, 2.75) is 13.0 Å². The number of rotatable bonds is 3. The molecule has 1 aliphatic heterocycles. The van der Waals surface area contributed by atoms with E-state index < -0.39 is 0 Å². The highest BCUT2D eigenvalue weighted by molar-refractivity contribution is 5.57. The van der Waals surface area contributed by atoms with Gasteiger partial charge in [0.15, 0.2) is 0 Å². The molecule has 0 spiro atoms. The zero-order valence-electron chi connectivity index (χ0n) is 10.4. The van der Waals surface area contributed by atoms with Crippen molar-refractivity contribution in [2.24, 2.45) is 0 Å². The number of nitrogens with zero attached hydrogens (tertiary/aromatic N) is 3. The number of nitrogens with one attached hydrogen (secondary N) is 1. The highest BCUT2D eigenvalue weighted by Gasteiger charge is 2.18. The fourth-order valence-electron chi connectivity index (χ4n) is 2.33. The second-order valence-electron chi connectivity index (χ2n) is 4.44. The molecule has 18 heavy (non-hydrogen) atoms. The summed E-state index contributed by atoms with van der Waals surface area (Å²) < 4.78 is 0. The van der Waals surface area contributed by atoms with Gasteiger partial charge in [0.25, 0.3) is 0 Å². The van der Waals surface area contributed by atoms with E-state index in [2.05, 4.69) is 44.5 Å². The SMILES string of the molecule is CNc1cnc(CN2CCc3ccccc32)cn1. The fourth-order valence-corrected chi connectivity index (χ4v) is 2.33. The molecule has 0 saturated heterocycles. The normalized spacial score (nSPS) is 13.5. The number of aromatic nitrogens is 2. The van der Waals surface area contributed by atoms with Crippen molar-refractivity contribution >= 4 is 11.5 Å². The lowest BCUT2D eigenvalue weighted by Gasteiger charge is -2.18. The van der Waals surface area contributed by atoms with Crippen molar-refractivity contribution in [1.29, 1.82) is 0 Å². The van der Waals surface area contributed by atoms with E-state index in [1.165, 1.54) is 11.3 Å². The number of anilines is 2. The summed E-state index contributed by atoms with van der Waals surface area (Å²) in [5, 5.41) is 2.98. The Morgan fingerprint density at radius 3 is 2.89 bits per heavy atom. The van der Waals surface area contributed by atoms with E-state index >= 15 is 0 Å². The third kappa shape index (κ3) is 2.01. The van der Waals surface area contributed by atoms with Crippen LogP contribution in [0.15, 0.2) is 36.7 Å². The smallest absolute Gasteiger partial charge is 0.144 e. The molecule has 1 N–H and O–H groups in total. The summed E-state index contributed by atoms with van der Waals surface area (Å²) in [7, 11) is 1.85. The van der Waals surface area contributed by atoms with Gasteiger partial charge in [-0.15, -0.1) is 0 Å². The number of benzene rings is 1. The van der Waals surface area contributed by atoms with Crippen molar-refractivity contribution < 1.29 is 0 Å². The molecule has 4 nitrogen and oxygen atoms in total. The van der Waals surface area contributed by atoms with Crippen LogP contribution in [0.25, 0.3) is 0 Å². The molecule has 1 aliphatic rings. The van der Waals surface area contributed by atoms with Crippen LogP contribution in [0.3, 0.4) is 0 Å². The van der Waals surface area contributed by atoms with Gasteiger partial charge < -0.3 is 10.2 Å². The van der Waals surface area contributed by atoms with E-state index in [0.29, 0.717) is 0 Å². The lowest BCUT2D eigenvalue weighted by atomic mass is 10.2. The predicted molar refractivity (Wildman–Crippen MR) is 72.8 cm³/mol. The Labute approximate surface area is 107 Å². The van der Waals surface area contributed by atoms with Crippen LogP contribution in [-0.4, -0.2) is 23.6 Å². The molecule has 92 valence electrons. The molecule has 0 unspecified atom stereocenters. The predicted octanol–water partition coefficient (Wildman–Crippen LogP) is 2.08. The van der Waals surface area contributed by atoms with Gasteiger partial charge in [0.2, 0.25) is 0 Å². The van der Waals surface area contributed by atoms with Crippen LogP contribution in [0.2, 0.25) is 0 Å². The molecule has 1 aromatic carbocycles. The lowest BCUT2D eigenvalue weighted by molar-refractivity contribution is 0.809. The molecular formula is C14H16N4. The van der Waals surface area contributed by atoms with Crippen LogP contribution in [0.4, 0.5) is 11.5 Å². The summed E-state index contributed by atoms with van der Waals surface area (Å²) >= 11 is 0. The van der Waals surface area contributed by atoms with Gasteiger partial charge in [-0.25, -0.2) is 4.98 Å². The summed E-state index contributed by atoms with van der Waals surface area (Å²) in [6.45, 7) is 1.89. The third-order valence-corrected chi connectivity index (χ3v) is 3.30. The summed E-state index contributed by atoms with van der Waals surface area (Å²) in [6.07, 6.45) is 4.74. The molecule has 0 bridgehead atoms. The van der Waals surface area contributed by atoms with Gasteiger partial charge in [0, 0.05) is 19.3 Å². The zero-order valence-corrected chi connectivity index (χ0v) is 10.4. The topological polar surface area (TPSA) is 41.1 Å². The summed E-state index contributed by atoms with van der Waals surface area (Å²) in [4.78, 5) is 11.1. The number of fused-ring (bicyclic) bond motifs is 1. The average Bonchev–Trinajstić information content (AvgIpc) is 2.83. The van der Waals surface area contributed by atoms with Gasteiger partial charge in [-0.2, -0.15) is 0 Å². The maximum Gasteiger partial charge on any atom is 0.144 e. The summed E-state index contributed by atoms with van der Waals surface area (Å²) in [6, 6.07) is 8.57. The van der Waals surface area contributed by atoms with Crippen LogP contribution in [0.1, 0.15) is 11.3 Å². The molecule has 0 fully saturated rings. The second-order valence-corrected chi connectivity index (χ2v) is 4.44. The van der Waals surface area contributed by atoms with Crippen molar-refractivity contribution in [3.63, 3.8) is 0 Å². The largest absolute Gasteiger partial charge is 0.372 e. The van der Waals surface area contributed by atoms with Gasteiger partial charge in [0.1, 0.15) is 5.82 Å². The minimum atomic E-state index is 0.806. The molecule has 0 atom stereocenters. The van der Waals surface area contributed by atoms with Crippen molar-refractivity contribution in [1.82, 2.24) is 9.97 Å². The molecule has 0 amide bonds. The Morgan fingerprint density at radius 2 is 2.11 bits per heavy atom. The van der Waals surface area contributed by atoms with E-state index in [1.54, 1.807) is 6.20 Å². The first kappa shape index (κ1) is 11.0. The van der Waals surface area contributed by atoms with Gasteiger partial charge in [-0.1, -0.05) is 18.2 Å². The van der Waals surface area contributed by atoms with E-state index in [-0.39, 0.29) is 0 Å². The van der Waals surface area contributed by atoms with Crippen LogP contribution in [-0.2, 0) is 13.0 Å². The lowest BCUT2D eigenvalue weighted by Crippen LogP contribution is -2.20. The Morgan fingerprint density at radius 1 is 1.22 bits per heavy atom. The molecular weight excluding hydrogens is 224 g/mol. The molecule has 1 aromatic heterocycles. The summed E-state index contributed by atoms with van der Waals surface area (Å²) in [5.41, 5.74) is 3.76. The first-order valence-electron chi connectivity index (χ1n) is 6.18. The fraction of sp³-hybridized carbons (Fsp3) is 0.286. The Kier molecular flexibility index (Phi) is 2.84. The van der Waals surface area contributed by atoms with Gasteiger partial charge >= 0.3 is 0 Å². The first-order chi connectivity index (χ1) is 8.86. The van der Waals surface area contributed by atoms with Gasteiger partial charge in [-0.3, -0.25) is 4.98 Å². The Bertz CT molecular complexity index is 536. The Hall–Kier alpha value is -2.10. The van der Waals surface area contributed by atoms with Gasteiger partial charge in [0.05, 0.1) is 24.6 Å². The highest BCUT2D eigenvalue weighted by atomic mass is 15.2. The second kappa shape index (κ2) is 4.64. The first-order valence-corrected chi connectivity index (χ1v) is 6.18. The molecule has 2 aromatic rings. The average molecular weight is 240 g/mol. The summed E-state index contributed by atoms with van der Waals surface area (Å²) in [5.74, 6) is 0.806. The van der Waals surface area contributed by atoms with E-state index in [9.17, 15) is 0 Å². The van der Waals surface area contributed by atoms with Gasteiger partial charge in [-0.05, 0) is 18.1 Å². The molecule has 2 heterocycles. The van der Waals surface area contributed by atoms with Crippen LogP contribution in [0.5, 0.6) is 0 Å². The quantitative estimate of drug-likeness (QED) is 0.891. The maximum atomic E-state index is 4.42. The van der Waals surface area contributed by atoms with Crippen LogP contribution >= 0.6 is 0 Å². The molecule has 0 radical (unpaired) electrons. The maximum absolute atomic E-state index is 4.42. The van der Waals surface area contributed by atoms with Crippen molar-refractivity contribution in [3.05, 3.63) is 47.9 Å². The zero-order chi connectivity index (χ0) is 12.4. The molecule has 0 saturated carbocycles. The molecule has 4 heteroatoms. The number of hydrogen-bond acceptors (Lipinski definition) is 4. The minimum Gasteiger partial charge on any atom is -0.372 e. The standard InChI is InChI=1S/C14H16N4/c1-15-14-9-16-12(8-17-14)10-18-7-6-11-4-2-3-5-13(11)18/h2-5,8-9H,6-7,10H2,1H3,(H,15,17). The highest BCUT2D eigenvalue weighted by Crippen LogP contribution is 2.28. The Balaban J connectivity index is 1.77. The van der Waals surface area contributed by atoms with Crippen LogP contribution < -0.4 is 10.2 Å². The third-order valence-electron chi connectivity index (χ3n) is 3.30. The molecule has 0 aliphatic carbocycles. The minimum absolute atomic E-state index is 0.806. The van der Waals surface area contributed by atoms with Crippen LogP contribution in [0, 0.1) is 0 Å². The number of para-hydroxylation sites is 1. The van der Waals surface area contributed by atoms with Crippen molar-refractivity contribution in [3.8, 4) is 0 Å². The van der Waals surface area contributed by atoms with E-state index in [1.807, 2.05) is 13.2 Å². The molecule has 3 rings (SSSR count).